The molecule has 1 atom stereocenters. The zero-order valence-corrected chi connectivity index (χ0v) is 11.3. The number of hydrogen-bond acceptors (Lipinski definition) is 3. The van der Waals surface area contributed by atoms with Crippen molar-refractivity contribution in [3.8, 4) is 0 Å². The molecule has 19 heavy (non-hydrogen) atoms. The van der Waals surface area contributed by atoms with E-state index in [9.17, 15) is 14.7 Å². The number of carbonyl (C=O) groups excluding carboxylic acids is 2. The number of nitrogens with zero attached hydrogens (tertiary/aromatic N) is 1. The molecule has 1 aliphatic rings. The quantitative estimate of drug-likeness (QED) is 0.760. The number of amides is 2. The SMILES string of the molecule is Cc1ccc(NC(=O)C(=O)N2CC[C@@H](O)C2)c(Cl)c1. The highest BCUT2D eigenvalue weighted by Crippen LogP contribution is 2.22. The van der Waals surface area contributed by atoms with Crippen molar-refractivity contribution in [1.29, 1.82) is 0 Å². The Morgan fingerprint density at radius 1 is 1.47 bits per heavy atom. The molecule has 1 heterocycles. The first-order chi connectivity index (χ1) is 8.97. The molecule has 102 valence electrons. The predicted octanol–water partition coefficient (Wildman–Crippen LogP) is 1.18. The molecule has 1 aromatic carbocycles. The summed E-state index contributed by atoms with van der Waals surface area (Å²) in [5.41, 5.74) is 1.38. The Morgan fingerprint density at radius 2 is 2.21 bits per heavy atom. The van der Waals surface area contributed by atoms with Crippen molar-refractivity contribution < 1.29 is 14.7 Å². The summed E-state index contributed by atoms with van der Waals surface area (Å²) in [4.78, 5) is 25.0. The third-order valence-corrected chi connectivity index (χ3v) is 3.33. The second-order valence-corrected chi connectivity index (χ2v) is 5.04. The maximum Gasteiger partial charge on any atom is 0.313 e. The van der Waals surface area contributed by atoms with E-state index >= 15 is 0 Å². The average molecular weight is 283 g/mol. The van der Waals surface area contributed by atoms with Crippen LogP contribution in [0.1, 0.15) is 12.0 Å². The molecule has 1 aromatic rings. The lowest BCUT2D eigenvalue weighted by atomic mass is 10.2. The predicted molar refractivity (Wildman–Crippen MR) is 72.0 cm³/mol. The van der Waals surface area contributed by atoms with Crippen molar-refractivity contribution in [1.82, 2.24) is 4.90 Å². The fraction of sp³-hybridized carbons (Fsp3) is 0.385. The minimum absolute atomic E-state index is 0.202. The maximum atomic E-state index is 11.8. The second-order valence-electron chi connectivity index (χ2n) is 4.63. The molecule has 6 heteroatoms. The van der Waals surface area contributed by atoms with Crippen LogP contribution in [-0.4, -0.2) is 41.0 Å². The molecular weight excluding hydrogens is 268 g/mol. The lowest BCUT2D eigenvalue weighted by molar-refractivity contribution is -0.142. The number of halogens is 1. The van der Waals surface area contributed by atoms with E-state index in [1.54, 1.807) is 18.2 Å². The van der Waals surface area contributed by atoms with Crippen LogP contribution in [0.2, 0.25) is 5.02 Å². The van der Waals surface area contributed by atoms with Gasteiger partial charge in [-0.1, -0.05) is 17.7 Å². The summed E-state index contributed by atoms with van der Waals surface area (Å²) in [5, 5.41) is 12.2. The molecule has 0 aromatic heterocycles. The maximum absolute atomic E-state index is 11.8. The van der Waals surface area contributed by atoms with Gasteiger partial charge in [0.1, 0.15) is 0 Å². The third kappa shape index (κ3) is 3.24. The van der Waals surface area contributed by atoms with Crippen molar-refractivity contribution in [2.75, 3.05) is 18.4 Å². The first-order valence-corrected chi connectivity index (χ1v) is 6.39. The van der Waals surface area contributed by atoms with Crippen molar-refractivity contribution in [3.63, 3.8) is 0 Å². The fourth-order valence-electron chi connectivity index (χ4n) is 1.97. The van der Waals surface area contributed by atoms with Gasteiger partial charge in [-0.3, -0.25) is 9.59 Å². The van der Waals surface area contributed by atoms with E-state index in [4.69, 9.17) is 11.6 Å². The van der Waals surface area contributed by atoms with E-state index in [-0.39, 0.29) is 6.54 Å². The Balaban J connectivity index is 2.02. The molecule has 5 nitrogen and oxygen atoms in total. The number of rotatable bonds is 1. The van der Waals surface area contributed by atoms with Crippen LogP contribution >= 0.6 is 11.6 Å². The molecule has 1 aliphatic heterocycles. The van der Waals surface area contributed by atoms with Gasteiger partial charge in [0, 0.05) is 13.1 Å². The molecule has 1 saturated heterocycles. The number of aryl methyl sites for hydroxylation is 1. The van der Waals surface area contributed by atoms with Crippen LogP contribution in [0.5, 0.6) is 0 Å². The van der Waals surface area contributed by atoms with Gasteiger partial charge in [0.25, 0.3) is 0 Å². The van der Waals surface area contributed by atoms with Crippen LogP contribution < -0.4 is 5.32 Å². The highest BCUT2D eigenvalue weighted by molar-refractivity contribution is 6.41. The van der Waals surface area contributed by atoms with Gasteiger partial charge in [0.2, 0.25) is 0 Å². The van der Waals surface area contributed by atoms with Gasteiger partial charge >= 0.3 is 11.8 Å². The number of aliphatic hydroxyl groups is 1. The number of anilines is 1. The smallest absolute Gasteiger partial charge is 0.313 e. The summed E-state index contributed by atoms with van der Waals surface area (Å²) in [7, 11) is 0. The summed E-state index contributed by atoms with van der Waals surface area (Å²) < 4.78 is 0. The molecule has 2 N–H and O–H groups in total. The Bertz CT molecular complexity index is 519. The van der Waals surface area contributed by atoms with Crippen LogP contribution in [0.15, 0.2) is 18.2 Å². The van der Waals surface area contributed by atoms with Crippen molar-refractivity contribution in [2.24, 2.45) is 0 Å². The van der Waals surface area contributed by atoms with Crippen molar-refractivity contribution >= 4 is 29.1 Å². The standard InChI is InChI=1S/C13H15ClN2O3/c1-8-2-3-11(10(14)6-8)15-12(18)13(19)16-5-4-9(17)7-16/h2-3,6,9,17H,4-5,7H2,1H3,(H,15,18)/t9-/m1/s1. The minimum atomic E-state index is -0.736. The monoisotopic (exact) mass is 282 g/mol. The number of nitrogens with one attached hydrogen (secondary N) is 1. The lowest BCUT2D eigenvalue weighted by Crippen LogP contribution is -2.38. The van der Waals surface area contributed by atoms with Gasteiger partial charge in [-0.25, -0.2) is 0 Å². The van der Waals surface area contributed by atoms with E-state index in [1.807, 2.05) is 6.92 Å². The van der Waals surface area contributed by atoms with Gasteiger partial charge in [0.15, 0.2) is 0 Å². The highest BCUT2D eigenvalue weighted by Gasteiger charge is 2.29. The minimum Gasteiger partial charge on any atom is -0.391 e. The Hall–Kier alpha value is -1.59. The van der Waals surface area contributed by atoms with Crippen LogP contribution in [0.4, 0.5) is 5.69 Å². The van der Waals surface area contributed by atoms with Gasteiger partial charge in [-0.2, -0.15) is 0 Å². The van der Waals surface area contributed by atoms with Gasteiger partial charge in [-0.05, 0) is 31.0 Å². The molecular formula is C13H15ClN2O3. The Kier molecular flexibility index (Phi) is 4.07. The van der Waals surface area contributed by atoms with Crippen LogP contribution in [0, 0.1) is 6.92 Å². The Labute approximate surface area is 116 Å². The number of β-amino-alcohol motifs (C(OH)–C–C–N with tert-alkyl or cyclic N) is 1. The largest absolute Gasteiger partial charge is 0.391 e. The van der Waals surface area contributed by atoms with Gasteiger partial charge < -0.3 is 15.3 Å². The lowest BCUT2D eigenvalue weighted by Gasteiger charge is -2.15. The summed E-state index contributed by atoms with van der Waals surface area (Å²) in [5.74, 6) is -1.38. The first-order valence-electron chi connectivity index (χ1n) is 6.02. The first kappa shape index (κ1) is 13.8. The zero-order valence-electron chi connectivity index (χ0n) is 10.5. The zero-order chi connectivity index (χ0) is 14.0. The number of aliphatic hydroxyl groups excluding tert-OH is 1. The van der Waals surface area contributed by atoms with Crippen molar-refractivity contribution in [2.45, 2.75) is 19.4 Å². The summed E-state index contributed by atoms with van der Waals surface area (Å²) >= 11 is 5.98. The van der Waals surface area contributed by atoms with E-state index in [0.29, 0.717) is 23.7 Å². The van der Waals surface area contributed by atoms with E-state index in [0.717, 1.165) is 5.56 Å². The van der Waals surface area contributed by atoms with Crippen LogP contribution in [0.25, 0.3) is 0 Å². The summed E-state index contributed by atoms with van der Waals surface area (Å²) in [6.07, 6.45) is -0.0377. The molecule has 2 rings (SSSR count). The molecule has 0 saturated carbocycles. The number of carbonyl (C=O) groups is 2. The highest BCUT2D eigenvalue weighted by atomic mass is 35.5. The normalized spacial score (nSPS) is 18.5. The number of hydrogen-bond donors (Lipinski definition) is 2. The van der Waals surface area contributed by atoms with Crippen LogP contribution in [-0.2, 0) is 9.59 Å². The molecule has 2 amide bonds. The molecule has 0 unspecified atom stereocenters. The number of benzene rings is 1. The summed E-state index contributed by atoms with van der Waals surface area (Å²) in [6, 6.07) is 5.16. The van der Waals surface area contributed by atoms with Gasteiger partial charge in [-0.15, -0.1) is 0 Å². The van der Waals surface area contributed by atoms with E-state index in [1.165, 1.54) is 4.90 Å². The van der Waals surface area contributed by atoms with Crippen LogP contribution in [0.3, 0.4) is 0 Å². The van der Waals surface area contributed by atoms with E-state index in [2.05, 4.69) is 5.32 Å². The van der Waals surface area contributed by atoms with Crippen molar-refractivity contribution in [3.05, 3.63) is 28.8 Å². The molecule has 0 bridgehead atoms. The molecule has 0 radical (unpaired) electrons. The topological polar surface area (TPSA) is 69.6 Å². The second kappa shape index (κ2) is 5.59. The number of likely N-dealkylation sites (tertiary alicyclic amines) is 1. The fourth-order valence-corrected chi connectivity index (χ4v) is 2.25. The molecule has 0 aliphatic carbocycles. The third-order valence-electron chi connectivity index (χ3n) is 3.02. The summed E-state index contributed by atoms with van der Waals surface area (Å²) in [6.45, 7) is 2.48. The Morgan fingerprint density at radius 3 is 2.79 bits per heavy atom. The molecule has 0 spiro atoms. The molecule has 1 fully saturated rings. The average Bonchev–Trinajstić information content (AvgIpc) is 2.78. The van der Waals surface area contributed by atoms with E-state index < -0.39 is 17.9 Å². The van der Waals surface area contributed by atoms with Gasteiger partial charge in [0.05, 0.1) is 16.8 Å².